The van der Waals surface area contributed by atoms with Crippen molar-refractivity contribution in [2.75, 3.05) is 10.6 Å². The Morgan fingerprint density at radius 1 is 1.12 bits per heavy atom. The molecule has 26 heavy (non-hydrogen) atoms. The predicted octanol–water partition coefficient (Wildman–Crippen LogP) is 4.88. The summed E-state index contributed by atoms with van der Waals surface area (Å²) < 4.78 is 13.2. The van der Waals surface area contributed by atoms with Crippen LogP contribution in [0.3, 0.4) is 0 Å². The van der Waals surface area contributed by atoms with Crippen molar-refractivity contribution < 1.29 is 9.18 Å². The van der Waals surface area contributed by atoms with Crippen molar-refractivity contribution in [3.05, 3.63) is 76.3 Å². The number of benzene rings is 2. The van der Waals surface area contributed by atoms with Gasteiger partial charge in [-0.3, -0.25) is 4.79 Å². The number of anilines is 3. The molecule has 0 atom stereocenters. The summed E-state index contributed by atoms with van der Waals surface area (Å²) in [7, 11) is 0. The fourth-order valence-electron chi connectivity index (χ4n) is 2.39. The third-order valence-electron chi connectivity index (χ3n) is 3.69. The zero-order chi connectivity index (χ0) is 18.7. The summed E-state index contributed by atoms with van der Waals surface area (Å²) in [4.78, 5) is 20.7. The smallest absolute Gasteiger partial charge is 0.274 e. The summed E-state index contributed by atoms with van der Waals surface area (Å²) in [6, 6.07) is 11.4. The molecule has 0 aliphatic rings. The highest BCUT2D eigenvalue weighted by atomic mass is 35.5. The number of hydrogen-bond acceptors (Lipinski definition) is 4. The molecule has 0 aliphatic carbocycles. The first-order valence-electron chi connectivity index (χ1n) is 7.86. The van der Waals surface area contributed by atoms with Crippen molar-refractivity contribution in [1.29, 1.82) is 0 Å². The van der Waals surface area contributed by atoms with Gasteiger partial charge in [-0.2, -0.15) is 0 Å². The van der Waals surface area contributed by atoms with E-state index in [1.54, 1.807) is 0 Å². The summed E-state index contributed by atoms with van der Waals surface area (Å²) >= 11 is 5.72. The lowest BCUT2D eigenvalue weighted by Gasteiger charge is -2.10. The monoisotopic (exact) mass is 370 g/mol. The first-order valence-corrected chi connectivity index (χ1v) is 8.24. The second-order valence-electron chi connectivity index (χ2n) is 5.79. The van der Waals surface area contributed by atoms with E-state index < -0.39 is 11.7 Å². The highest BCUT2D eigenvalue weighted by Crippen LogP contribution is 2.21. The van der Waals surface area contributed by atoms with Crippen LogP contribution in [0.5, 0.6) is 0 Å². The van der Waals surface area contributed by atoms with Crippen molar-refractivity contribution >= 4 is 34.8 Å². The molecule has 0 aliphatic heterocycles. The second-order valence-corrected chi connectivity index (χ2v) is 6.20. The van der Waals surface area contributed by atoms with Gasteiger partial charge in [0.05, 0.1) is 5.02 Å². The van der Waals surface area contributed by atoms with E-state index in [0.717, 1.165) is 16.8 Å². The maximum atomic E-state index is 13.2. The molecule has 0 unspecified atom stereocenters. The molecule has 1 aromatic heterocycles. The molecule has 7 heteroatoms. The quantitative estimate of drug-likeness (QED) is 0.686. The predicted molar refractivity (Wildman–Crippen MR) is 101 cm³/mol. The van der Waals surface area contributed by atoms with Crippen LogP contribution in [0, 0.1) is 19.7 Å². The summed E-state index contributed by atoms with van der Waals surface area (Å²) in [5, 5.41) is 5.66. The zero-order valence-corrected chi connectivity index (χ0v) is 14.9. The number of halogens is 2. The average molecular weight is 371 g/mol. The summed E-state index contributed by atoms with van der Waals surface area (Å²) in [5.74, 6) is -0.688. The number of hydrogen-bond donors (Lipinski definition) is 2. The van der Waals surface area contributed by atoms with Crippen LogP contribution in [0.15, 0.2) is 48.7 Å². The van der Waals surface area contributed by atoms with Gasteiger partial charge in [-0.25, -0.2) is 14.4 Å². The SMILES string of the molecule is Cc1ccc(Nc2nccc(C(=O)Nc3ccc(F)c(Cl)c3)n2)c(C)c1. The van der Waals surface area contributed by atoms with Crippen LogP contribution < -0.4 is 10.6 Å². The van der Waals surface area contributed by atoms with Gasteiger partial charge in [-0.15, -0.1) is 0 Å². The molecule has 5 nitrogen and oxygen atoms in total. The number of rotatable bonds is 4. The van der Waals surface area contributed by atoms with E-state index in [0.29, 0.717) is 11.6 Å². The lowest BCUT2D eigenvalue weighted by molar-refractivity contribution is 0.102. The van der Waals surface area contributed by atoms with Crippen LogP contribution in [0.4, 0.5) is 21.7 Å². The number of carbonyl (C=O) groups excluding carboxylic acids is 1. The van der Waals surface area contributed by atoms with Crippen LogP contribution in [0.2, 0.25) is 5.02 Å². The van der Waals surface area contributed by atoms with Crippen molar-refractivity contribution in [2.45, 2.75) is 13.8 Å². The summed E-state index contributed by atoms with van der Waals surface area (Å²) in [6.45, 7) is 3.99. The van der Waals surface area contributed by atoms with Crippen molar-refractivity contribution in [1.82, 2.24) is 9.97 Å². The lowest BCUT2D eigenvalue weighted by atomic mass is 10.1. The molecule has 0 radical (unpaired) electrons. The second kappa shape index (κ2) is 7.49. The number of aryl methyl sites for hydroxylation is 2. The van der Waals surface area contributed by atoms with Gasteiger partial charge in [0.2, 0.25) is 5.95 Å². The maximum Gasteiger partial charge on any atom is 0.274 e. The molecule has 1 amide bonds. The van der Waals surface area contributed by atoms with Gasteiger partial charge in [-0.05, 0) is 49.7 Å². The molecule has 0 spiro atoms. The number of amides is 1. The van der Waals surface area contributed by atoms with Gasteiger partial charge in [0, 0.05) is 17.6 Å². The Kier molecular flexibility index (Phi) is 5.14. The molecule has 0 saturated carbocycles. The van der Waals surface area contributed by atoms with Crippen LogP contribution in [0.1, 0.15) is 21.6 Å². The first-order chi connectivity index (χ1) is 12.4. The average Bonchev–Trinajstić information content (AvgIpc) is 2.61. The Hall–Kier alpha value is -2.99. The van der Waals surface area contributed by atoms with Crippen LogP contribution >= 0.6 is 11.6 Å². The number of nitrogens with zero attached hydrogens (tertiary/aromatic N) is 2. The highest BCUT2D eigenvalue weighted by Gasteiger charge is 2.11. The van der Waals surface area contributed by atoms with Crippen LogP contribution in [-0.2, 0) is 0 Å². The Bertz CT molecular complexity index is 978. The minimum absolute atomic E-state index is 0.0670. The van der Waals surface area contributed by atoms with E-state index in [1.165, 1.54) is 30.5 Å². The highest BCUT2D eigenvalue weighted by molar-refractivity contribution is 6.31. The molecule has 3 rings (SSSR count). The molecule has 2 N–H and O–H groups in total. The largest absolute Gasteiger partial charge is 0.324 e. The normalized spacial score (nSPS) is 10.5. The minimum Gasteiger partial charge on any atom is -0.324 e. The maximum absolute atomic E-state index is 13.2. The van der Waals surface area contributed by atoms with E-state index in [1.807, 2.05) is 32.0 Å². The van der Waals surface area contributed by atoms with Crippen molar-refractivity contribution in [2.24, 2.45) is 0 Å². The van der Waals surface area contributed by atoms with Crippen LogP contribution in [0.25, 0.3) is 0 Å². The lowest BCUT2D eigenvalue weighted by Crippen LogP contribution is -2.15. The third kappa shape index (κ3) is 4.15. The molecule has 132 valence electrons. The number of nitrogens with one attached hydrogen (secondary N) is 2. The van der Waals surface area contributed by atoms with E-state index in [9.17, 15) is 9.18 Å². The van der Waals surface area contributed by atoms with Gasteiger partial charge in [0.1, 0.15) is 11.5 Å². The summed E-state index contributed by atoms with van der Waals surface area (Å²) in [5.41, 5.74) is 3.61. The van der Waals surface area contributed by atoms with E-state index in [4.69, 9.17) is 11.6 Å². The van der Waals surface area contributed by atoms with E-state index >= 15 is 0 Å². The minimum atomic E-state index is -0.549. The molecule has 0 fully saturated rings. The Labute approximate surface area is 155 Å². The third-order valence-corrected chi connectivity index (χ3v) is 3.98. The van der Waals surface area contributed by atoms with E-state index in [-0.39, 0.29) is 10.7 Å². The Morgan fingerprint density at radius 2 is 1.92 bits per heavy atom. The van der Waals surface area contributed by atoms with Gasteiger partial charge >= 0.3 is 0 Å². The zero-order valence-electron chi connectivity index (χ0n) is 14.2. The van der Waals surface area contributed by atoms with Crippen molar-refractivity contribution in [3.8, 4) is 0 Å². The fraction of sp³-hybridized carbons (Fsp3) is 0.105. The topological polar surface area (TPSA) is 66.9 Å². The van der Waals surface area contributed by atoms with Gasteiger partial charge in [-0.1, -0.05) is 29.3 Å². The Morgan fingerprint density at radius 3 is 2.65 bits per heavy atom. The molecule has 3 aromatic rings. The molecule has 1 heterocycles. The summed E-state index contributed by atoms with van der Waals surface area (Å²) in [6.07, 6.45) is 1.49. The molecule has 2 aromatic carbocycles. The van der Waals surface area contributed by atoms with E-state index in [2.05, 4.69) is 20.6 Å². The van der Waals surface area contributed by atoms with Crippen LogP contribution in [-0.4, -0.2) is 15.9 Å². The Balaban J connectivity index is 1.77. The molecule has 0 bridgehead atoms. The standard InChI is InChI=1S/C19H16ClFN4O/c1-11-3-6-16(12(2)9-11)24-19-22-8-7-17(25-19)18(26)23-13-4-5-15(21)14(20)10-13/h3-10H,1-2H3,(H,23,26)(H,22,24,25). The molecular formula is C19H16ClFN4O. The van der Waals surface area contributed by atoms with Crippen molar-refractivity contribution in [3.63, 3.8) is 0 Å². The molecular weight excluding hydrogens is 355 g/mol. The first kappa shape index (κ1) is 17.8. The number of aromatic nitrogens is 2. The van der Waals surface area contributed by atoms with Gasteiger partial charge in [0.15, 0.2) is 0 Å². The van der Waals surface area contributed by atoms with Gasteiger partial charge in [0.25, 0.3) is 5.91 Å². The van der Waals surface area contributed by atoms with Gasteiger partial charge < -0.3 is 10.6 Å². The molecule has 0 saturated heterocycles. The number of carbonyl (C=O) groups is 1. The fourth-order valence-corrected chi connectivity index (χ4v) is 2.57.